The van der Waals surface area contributed by atoms with Gasteiger partial charge in [-0.05, 0) is 35.7 Å². The SMILES string of the molecule is NN1C(=O)c2cc(Oc3ccc(Cl)cc3)c3ccccc3c2C1=O. The Labute approximate surface area is 142 Å². The van der Waals surface area contributed by atoms with Gasteiger partial charge in [0, 0.05) is 10.4 Å². The quantitative estimate of drug-likeness (QED) is 0.439. The lowest BCUT2D eigenvalue weighted by Crippen LogP contribution is -2.36. The van der Waals surface area contributed by atoms with Crippen LogP contribution in [-0.4, -0.2) is 16.8 Å². The molecule has 0 aromatic heterocycles. The van der Waals surface area contributed by atoms with Crippen LogP contribution in [0.25, 0.3) is 10.8 Å². The van der Waals surface area contributed by atoms with Crippen molar-refractivity contribution in [3.8, 4) is 11.5 Å². The van der Waals surface area contributed by atoms with E-state index in [4.69, 9.17) is 22.2 Å². The number of nitrogens with two attached hydrogens (primary N) is 1. The van der Waals surface area contributed by atoms with E-state index in [-0.39, 0.29) is 5.56 Å². The summed E-state index contributed by atoms with van der Waals surface area (Å²) in [6, 6.07) is 15.7. The van der Waals surface area contributed by atoms with Gasteiger partial charge in [-0.2, -0.15) is 0 Å². The van der Waals surface area contributed by atoms with Crippen molar-refractivity contribution in [1.29, 1.82) is 0 Å². The molecule has 118 valence electrons. The molecule has 0 atom stereocenters. The highest BCUT2D eigenvalue weighted by atomic mass is 35.5. The van der Waals surface area contributed by atoms with Crippen LogP contribution in [-0.2, 0) is 0 Å². The molecule has 0 spiro atoms. The zero-order valence-corrected chi connectivity index (χ0v) is 13.1. The topological polar surface area (TPSA) is 72.6 Å². The van der Waals surface area contributed by atoms with Crippen molar-refractivity contribution in [2.45, 2.75) is 0 Å². The van der Waals surface area contributed by atoms with E-state index in [9.17, 15) is 9.59 Å². The average molecular weight is 339 g/mol. The third-order valence-corrected chi connectivity index (χ3v) is 4.18. The van der Waals surface area contributed by atoms with Gasteiger partial charge in [0.05, 0.1) is 11.1 Å². The van der Waals surface area contributed by atoms with Crippen molar-refractivity contribution in [2.24, 2.45) is 5.84 Å². The molecule has 0 radical (unpaired) electrons. The zero-order valence-electron chi connectivity index (χ0n) is 12.3. The Hall–Kier alpha value is -2.89. The van der Waals surface area contributed by atoms with Crippen molar-refractivity contribution < 1.29 is 14.3 Å². The summed E-state index contributed by atoms with van der Waals surface area (Å²) in [5.41, 5.74) is 0.548. The Kier molecular flexibility index (Phi) is 3.26. The summed E-state index contributed by atoms with van der Waals surface area (Å²) >= 11 is 5.88. The first-order valence-corrected chi connectivity index (χ1v) is 7.56. The van der Waals surface area contributed by atoms with E-state index in [1.807, 2.05) is 12.1 Å². The summed E-state index contributed by atoms with van der Waals surface area (Å²) < 4.78 is 5.91. The molecule has 1 heterocycles. The van der Waals surface area contributed by atoms with Gasteiger partial charge in [-0.15, -0.1) is 0 Å². The van der Waals surface area contributed by atoms with Crippen LogP contribution < -0.4 is 10.6 Å². The first-order chi connectivity index (χ1) is 11.6. The van der Waals surface area contributed by atoms with Gasteiger partial charge >= 0.3 is 0 Å². The monoisotopic (exact) mass is 338 g/mol. The molecular weight excluding hydrogens is 328 g/mol. The van der Waals surface area contributed by atoms with Gasteiger partial charge in [-0.25, -0.2) is 10.9 Å². The fourth-order valence-corrected chi connectivity index (χ4v) is 2.92. The van der Waals surface area contributed by atoms with Gasteiger partial charge in [0.2, 0.25) is 0 Å². The summed E-state index contributed by atoms with van der Waals surface area (Å²) in [4.78, 5) is 24.5. The van der Waals surface area contributed by atoms with Gasteiger partial charge in [0.1, 0.15) is 11.5 Å². The third-order valence-electron chi connectivity index (χ3n) is 3.93. The number of hydrazine groups is 1. The first-order valence-electron chi connectivity index (χ1n) is 7.19. The molecule has 3 aromatic carbocycles. The molecule has 0 saturated heterocycles. The Morgan fingerprint density at radius 3 is 2.29 bits per heavy atom. The smallest absolute Gasteiger partial charge is 0.276 e. The second-order valence-electron chi connectivity index (χ2n) is 5.38. The molecule has 2 amide bonds. The normalized spacial score (nSPS) is 13.5. The molecule has 0 saturated carbocycles. The molecule has 4 rings (SSSR count). The average Bonchev–Trinajstić information content (AvgIpc) is 2.81. The van der Waals surface area contributed by atoms with E-state index in [2.05, 4.69) is 0 Å². The number of carbonyl (C=O) groups is 2. The van der Waals surface area contributed by atoms with Crippen LogP contribution in [0.1, 0.15) is 20.7 Å². The van der Waals surface area contributed by atoms with E-state index < -0.39 is 11.8 Å². The maximum atomic E-state index is 12.3. The van der Waals surface area contributed by atoms with Gasteiger partial charge in [-0.1, -0.05) is 35.9 Å². The summed E-state index contributed by atoms with van der Waals surface area (Å²) in [5, 5.41) is 2.58. The molecule has 1 aliphatic heterocycles. The number of hydrogen-bond donors (Lipinski definition) is 1. The standard InChI is InChI=1S/C18H11ClN2O3/c19-10-5-7-11(8-6-10)24-15-9-14-16(18(23)21(20)17(14)22)13-4-2-1-3-12(13)15/h1-9H,20H2. The largest absolute Gasteiger partial charge is 0.457 e. The summed E-state index contributed by atoms with van der Waals surface area (Å²) in [6.07, 6.45) is 0. The Bertz CT molecular complexity index is 999. The maximum absolute atomic E-state index is 12.3. The van der Waals surface area contributed by atoms with Crippen LogP contribution in [0.5, 0.6) is 11.5 Å². The number of fused-ring (bicyclic) bond motifs is 3. The highest BCUT2D eigenvalue weighted by molar-refractivity contribution is 6.30. The Balaban J connectivity index is 1.93. The van der Waals surface area contributed by atoms with E-state index in [1.54, 1.807) is 42.5 Å². The minimum Gasteiger partial charge on any atom is -0.457 e. The number of imide groups is 1. The number of halogens is 1. The Morgan fingerprint density at radius 1 is 0.917 bits per heavy atom. The van der Waals surface area contributed by atoms with Crippen LogP contribution in [0.3, 0.4) is 0 Å². The second-order valence-corrected chi connectivity index (χ2v) is 5.82. The van der Waals surface area contributed by atoms with Crippen LogP contribution >= 0.6 is 11.6 Å². The van der Waals surface area contributed by atoms with Crippen molar-refractivity contribution in [3.05, 3.63) is 70.7 Å². The van der Waals surface area contributed by atoms with Crippen molar-refractivity contribution >= 4 is 34.2 Å². The minimum atomic E-state index is -0.540. The van der Waals surface area contributed by atoms with Crippen LogP contribution in [0, 0.1) is 0 Å². The van der Waals surface area contributed by atoms with E-state index in [0.717, 1.165) is 5.39 Å². The van der Waals surface area contributed by atoms with Gasteiger partial charge in [-0.3, -0.25) is 9.59 Å². The Morgan fingerprint density at radius 2 is 1.58 bits per heavy atom. The molecule has 0 unspecified atom stereocenters. The van der Waals surface area contributed by atoms with Gasteiger partial charge in [0.15, 0.2) is 0 Å². The number of ether oxygens (including phenoxy) is 1. The molecule has 3 aromatic rings. The van der Waals surface area contributed by atoms with E-state index >= 15 is 0 Å². The number of carbonyl (C=O) groups excluding carboxylic acids is 2. The highest BCUT2D eigenvalue weighted by Gasteiger charge is 2.36. The van der Waals surface area contributed by atoms with E-state index in [0.29, 0.717) is 32.5 Å². The molecule has 1 aliphatic rings. The fourth-order valence-electron chi connectivity index (χ4n) is 2.80. The molecule has 5 nitrogen and oxygen atoms in total. The number of rotatable bonds is 2. The molecule has 6 heteroatoms. The van der Waals surface area contributed by atoms with Crippen LogP contribution in [0.2, 0.25) is 5.02 Å². The second kappa shape index (κ2) is 5.33. The van der Waals surface area contributed by atoms with E-state index in [1.165, 1.54) is 0 Å². The predicted octanol–water partition coefficient (Wildman–Crippen LogP) is 3.76. The summed E-state index contributed by atoms with van der Waals surface area (Å²) in [7, 11) is 0. The molecular formula is C18H11ClN2O3. The lowest BCUT2D eigenvalue weighted by Gasteiger charge is -2.11. The summed E-state index contributed by atoms with van der Waals surface area (Å²) in [6.45, 7) is 0. The molecule has 0 fully saturated rings. The van der Waals surface area contributed by atoms with Gasteiger partial charge in [0.25, 0.3) is 11.8 Å². The van der Waals surface area contributed by atoms with Gasteiger partial charge < -0.3 is 4.74 Å². The molecule has 2 N–H and O–H groups in total. The van der Waals surface area contributed by atoms with Crippen molar-refractivity contribution in [3.63, 3.8) is 0 Å². The maximum Gasteiger partial charge on any atom is 0.276 e. The molecule has 0 aliphatic carbocycles. The molecule has 24 heavy (non-hydrogen) atoms. The molecule has 0 bridgehead atoms. The number of benzene rings is 3. The predicted molar refractivity (Wildman–Crippen MR) is 90.2 cm³/mol. The highest BCUT2D eigenvalue weighted by Crippen LogP contribution is 2.37. The fraction of sp³-hybridized carbons (Fsp3) is 0. The number of nitrogens with zero attached hydrogens (tertiary/aromatic N) is 1. The van der Waals surface area contributed by atoms with Crippen molar-refractivity contribution in [1.82, 2.24) is 5.01 Å². The zero-order chi connectivity index (χ0) is 16.8. The van der Waals surface area contributed by atoms with Crippen LogP contribution in [0.4, 0.5) is 0 Å². The minimum absolute atomic E-state index is 0.241. The number of amides is 2. The lowest BCUT2D eigenvalue weighted by atomic mass is 9.99. The number of hydrogen-bond acceptors (Lipinski definition) is 4. The third kappa shape index (κ3) is 2.14. The first kappa shape index (κ1) is 14.7. The lowest BCUT2D eigenvalue weighted by molar-refractivity contribution is 0.0654. The van der Waals surface area contributed by atoms with Crippen molar-refractivity contribution in [2.75, 3.05) is 0 Å². The summed E-state index contributed by atoms with van der Waals surface area (Å²) in [5.74, 6) is 5.56. The van der Waals surface area contributed by atoms with Crippen LogP contribution in [0.15, 0.2) is 54.6 Å².